The summed E-state index contributed by atoms with van der Waals surface area (Å²) in [5, 5.41) is 0.973. The molecule has 21 heavy (non-hydrogen) atoms. The van der Waals surface area contributed by atoms with Crippen LogP contribution in [-0.4, -0.2) is 17.4 Å². The van der Waals surface area contributed by atoms with Gasteiger partial charge in [0.25, 0.3) is 0 Å². The van der Waals surface area contributed by atoms with E-state index in [0.717, 1.165) is 28.6 Å². The molecule has 1 N–H and O–H groups in total. The van der Waals surface area contributed by atoms with E-state index in [4.69, 9.17) is 4.74 Å². The second kappa shape index (κ2) is 4.90. The summed E-state index contributed by atoms with van der Waals surface area (Å²) in [6, 6.07) is 5.96. The van der Waals surface area contributed by atoms with Crippen LogP contribution in [0.3, 0.4) is 0 Å². The molecule has 2 unspecified atom stereocenters. The lowest BCUT2D eigenvalue weighted by atomic mass is 10.0. The van der Waals surface area contributed by atoms with Gasteiger partial charge in [-0.3, -0.25) is 4.79 Å². The normalized spacial score (nSPS) is 26.8. The van der Waals surface area contributed by atoms with E-state index in [1.54, 1.807) is 0 Å². The lowest BCUT2D eigenvalue weighted by Crippen LogP contribution is -2.06. The molecule has 0 saturated heterocycles. The van der Waals surface area contributed by atoms with Crippen molar-refractivity contribution in [2.45, 2.75) is 32.6 Å². The van der Waals surface area contributed by atoms with Gasteiger partial charge in [-0.1, -0.05) is 19.4 Å². The summed E-state index contributed by atoms with van der Waals surface area (Å²) >= 11 is 0. The van der Waals surface area contributed by atoms with Crippen LogP contribution in [0, 0.1) is 17.8 Å². The number of hydrogen-bond acceptors (Lipinski definition) is 2. The zero-order valence-electron chi connectivity index (χ0n) is 12.4. The number of carbonyl (C=O) groups is 1. The average molecular weight is 283 g/mol. The molecule has 1 aromatic heterocycles. The summed E-state index contributed by atoms with van der Waals surface area (Å²) in [5.74, 6) is 2.75. The summed E-state index contributed by atoms with van der Waals surface area (Å²) < 4.78 is 5.84. The third-order valence-electron chi connectivity index (χ3n) is 5.10. The van der Waals surface area contributed by atoms with Crippen molar-refractivity contribution in [1.29, 1.82) is 0 Å². The quantitative estimate of drug-likeness (QED) is 0.836. The Balaban J connectivity index is 1.70. The van der Waals surface area contributed by atoms with Crippen molar-refractivity contribution in [1.82, 2.24) is 4.98 Å². The van der Waals surface area contributed by atoms with Crippen LogP contribution in [0.5, 0.6) is 5.75 Å². The highest BCUT2D eigenvalue weighted by molar-refractivity contribution is 6.12. The van der Waals surface area contributed by atoms with Crippen LogP contribution in [-0.2, 0) is 0 Å². The summed E-state index contributed by atoms with van der Waals surface area (Å²) in [7, 11) is 0. The molecule has 4 rings (SSSR count). The minimum absolute atomic E-state index is 0.275. The fraction of sp³-hybridized carbons (Fsp3) is 0.500. The maximum atomic E-state index is 12.8. The Labute approximate surface area is 124 Å². The first-order chi connectivity index (χ1) is 10.3. The van der Waals surface area contributed by atoms with Crippen molar-refractivity contribution in [3.8, 4) is 5.75 Å². The molecular weight excluding hydrogens is 262 g/mol. The molecular formula is C18H21NO2. The number of Topliss-reactive ketones (excluding diaryl/α,β-unsaturated/α-hetero) is 1. The van der Waals surface area contributed by atoms with Gasteiger partial charge in [-0.2, -0.15) is 0 Å². The number of hydrogen-bond donors (Lipinski definition) is 1. The second-order valence-corrected chi connectivity index (χ2v) is 6.38. The summed E-state index contributed by atoms with van der Waals surface area (Å²) in [6.45, 7) is 2.78. The third kappa shape index (κ3) is 1.98. The molecule has 3 nitrogen and oxygen atoms in total. The van der Waals surface area contributed by atoms with Crippen molar-refractivity contribution in [3.05, 3.63) is 30.0 Å². The molecule has 0 spiro atoms. The highest BCUT2D eigenvalue weighted by Gasteiger charge is 2.56. The van der Waals surface area contributed by atoms with Gasteiger partial charge in [0.2, 0.25) is 0 Å². The Kier molecular flexibility index (Phi) is 3.02. The maximum Gasteiger partial charge on any atom is 0.168 e. The largest absolute Gasteiger partial charge is 0.493 e. The first-order valence-corrected chi connectivity index (χ1v) is 8.08. The fourth-order valence-corrected chi connectivity index (χ4v) is 4.07. The van der Waals surface area contributed by atoms with Crippen LogP contribution in [0.4, 0.5) is 0 Å². The molecule has 1 aromatic carbocycles. The number of benzene rings is 1. The Hall–Kier alpha value is -1.77. The van der Waals surface area contributed by atoms with Gasteiger partial charge in [0, 0.05) is 23.2 Å². The second-order valence-electron chi connectivity index (χ2n) is 6.38. The Morgan fingerprint density at radius 2 is 2.14 bits per heavy atom. The van der Waals surface area contributed by atoms with E-state index in [9.17, 15) is 4.79 Å². The first-order valence-electron chi connectivity index (χ1n) is 8.08. The van der Waals surface area contributed by atoms with Crippen molar-refractivity contribution < 1.29 is 9.53 Å². The van der Waals surface area contributed by atoms with Gasteiger partial charge in [-0.15, -0.1) is 0 Å². The van der Waals surface area contributed by atoms with Crippen LogP contribution in [0.2, 0.25) is 0 Å². The van der Waals surface area contributed by atoms with Crippen LogP contribution < -0.4 is 4.74 Å². The highest BCUT2D eigenvalue weighted by Crippen LogP contribution is 2.58. The smallest absolute Gasteiger partial charge is 0.168 e. The Morgan fingerprint density at radius 1 is 1.33 bits per heavy atom. The van der Waals surface area contributed by atoms with Crippen LogP contribution in [0.25, 0.3) is 10.9 Å². The standard InChI is InChI=1S/C18H21NO2/c1-2-9-21-15-8-4-7-14-17(15)13(10-19-14)18(20)16-11-5-3-6-12(11)16/h4,7-8,10-12,16,19H,2-3,5-6,9H2,1H3. The van der Waals surface area contributed by atoms with Crippen LogP contribution in [0.15, 0.2) is 24.4 Å². The molecule has 3 heteroatoms. The monoisotopic (exact) mass is 283 g/mol. The molecule has 0 radical (unpaired) electrons. The van der Waals surface area contributed by atoms with Gasteiger partial charge in [-0.25, -0.2) is 0 Å². The average Bonchev–Trinajstić information content (AvgIpc) is 2.89. The van der Waals surface area contributed by atoms with Crippen molar-refractivity contribution in [3.63, 3.8) is 0 Å². The molecule has 2 aliphatic rings. The number of H-pyrrole nitrogens is 1. The lowest BCUT2D eigenvalue weighted by Gasteiger charge is -2.08. The number of ketones is 1. The Morgan fingerprint density at radius 3 is 2.90 bits per heavy atom. The maximum absolute atomic E-state index is 12.8. The molecule has 0 aliphatic heterocycles. The lowest BCUT2D eigenvalue weighted by molar-refractivity contribution is 0.0953. The van der Waals surface area contributed by atoms with Crippen molar-refractivity contribution >= 4 is 16.7 Å². The van der Waals surface area contributed by atoms with E-state index < -0.39 is 0 Å². The van der Waals surface area contributed by atoms with Crippen molar-refractivity contribution in [2.75, 3.05) is 6.61 Å². The minimum Gasteiger partial charge on any atom is -0.493 e. The zero-order valence-corrected chi connectivity index (χ0v) is 12.4. The molecule has 110 valence electrons. The zero-order chi connectivity index (χ0) is 14.4. The predicted molar refractivity (Wildman–Crippen MR) is 82.7 cm³/mol. The third-order valence-corrected chi connectivity index (χ3v) is 5.10. The fourth-order valence-electron chi connectivity index (χ4n) is 4.07. The molecule has 2 fully saturated rings. The number of fused-ring (bicyclic) bond motifs is 2. The SMILES string of the molecule is CCCOc1cccc2[nH]cc(C(=O)C3C4CCCC43)c12. The molecule has 0 bridgehead atoms. The van der Waals surface area contributed by atoms with Gasteiger partial charge in [-0.05, 0) is 43.2 Å². The number of rotatable bonds is 5. The van der Waals surface area contributed by atoms with E-state index in [-0.39, 0.29) is 5.92 Å². The van der Waals surface area contributed by atoms with Crippen molar-refractivity contribution in [2.24, 2.45) is 17.8 Å². The van der Waals surface area contributed by atoms with Gasteiger partial charge in [0.1, 0.15) is 5.75 Å². The number of nitrogens with one attached hydrogen (secondary N) is 1. The van der Waals surface area contributed by atoms with E-state index in [0.29, 0.717) is 24.2 Å². The van der Waals surface area contributed by atoms with Gasteiger partial charge >= 0.3 is 0 Å². The van der Waals surface area contributed by atoms with Gasteiger partial charge in [0.05, 0.1) is 12.0 Å². The molecule has 2 aromatic rings. The minimum atomic E-state index is 0.275. The molecule has 2 saturated carbocycles. The Bertz CT molecular complexity index is 678. The number of aromatic nitrogens is 1. The van der Waals surface area contributed by atoms with Crippen LogP contribution >= 0.6 is 0 Å². The molecule has 2 aliphatic carbocycles. The summed E-state index contributed by atoms with van der Waals surface area (Å²) in [6.07, 6.45) is 6.62. The molecule has 1 heterocycles. The van der Waals surface area contributed by atoms with E-state index in [1.807, 2.05) is 24.4 Å². The van der Waals surface area contributed by atoms with E-state index in [1.165, 1.54) is 19.3 Å². The molecule has 2 atom stereocenters. The highest BCUT2D eigenvalue weighted by atomic mass is 16.5. The van der Waals surface area contributed by atoms with Gasteiger partial charge in [0.15, 0.2) is 5.78 Å². The summed E-state index contributed by atoms with van der Waals surface area (Å²) in [5.41, 5.74) is 1.83. The van der Waals surface area contributed by atoms with Gasteiger partial charge < -0.3 is 9.72 Å². The topological polar surface area (TPSA) is 42.1 Å². The first kappa shape index (κ1) is 12.9. The van der Waals surface area contributed by atoms with Crippen LogP contribution in [0.1, 0.15) is 43.0 Å². The number of ether oxygens (including phenoxy) is 1. The number of carbonyl (C=O) groups excluding carboxylic acids is 1. The molecule has 0 amide bonds. The number of aromatic amines is 1. The summed E-state index contributed by atoms with van der Waals surface area (Å²) in [4.78, 5) is 16.1. The predicted octanol–water partition coefficient (Wildman–Crippen LogP) is 4.19. The van der Waals surface area contributed by atoms with E-state index >= 15 is 0 Å². The van der Waals surface area contributed by atoms with E-state index in [2.05, 4.69) is 11.9 Å².